The summed E-state index contributed by atoms with van der Waals surface area (Å²) in [5, 5.41) is 0.860. The van der Waals surface area contributed by atoms with Gasteiger partial charge in [-0.05, 0) is 65.2 Å². The average molecular weight is 524 g/mol. The zero-order valence-corrected chi connectivity index (χ0v) is 23.2. The van der Waals surface area contributed by atoms with E-state index >= 15 is 0 Å². The van der Waals surface area contributed by atoms with Gasteiger partial charge in [0.05, 0.1) is 16.1 Å². The Labute approximate surface area is 220 Å². The molecular weight excluding hydrogens is 486 g/mol. The fourth-order valence-electron chi connectivity index (χ4n) is 5.06. The second-order valence-corrected chi connectivity index (χ2v) is 12.7. The monoisotopic (exact) mass is 523 g/mol. The molecule has 1 aliphatic heterocycles. The van der Waals surface area contributed by atoms with Gasteiger partial charge in [0, 0.05) is 37.3 Å². The van der Waals surface area contributed by atoms with Crippen LogP contribution in [0.2, 0.25) is 0 Å². The number of carbonyl (C=O) groups excluding carboxylic acids is 1. The number of hydrogen-bond acceptors (Lipinski definition) is 5. The normalized spacial score (nSPS) is 16.0. The van der Waals surface area contributed by atoms with E-state index in [0.717, 1.165) is 16.6 Å². The number of para-hydroxylation sites is 1. The Bertz CT molecular complexity index is 1390. The fourth-order valence-corrected chi connectivity index (χ4v) is 6.42. The van der Waals surface area contributed by atoms with Gasteiger partial charge in [0.2, 0.25) is 0 Å². The lowest BCUT2D eigenvalue weighted by molar-refractivity contribution is 0.0167. The Hall–Kier alpha value is -3.26. The topological polar surface area (TPSA) is 71.9 Å². The highest BCUT2D eigenvalue weighted by atomic mass is 32.2. The van der Waals surface area contributed by atoms with Crippen LogP contribution in [0.15, 0.2) is 72.3 Å². The molecule has 8 heteroatoms. The van der Waals surface area contributed by atoms with E-state index in [0.29, 0.717) is 37.9 Å². The van der Waals surface area contributed by atoms with Crippen molar-refractivity contribution in [2.45, 2.75) is 63.0 Å². The van der Waals surface area contributed by atoms with Crippen molar-refractivity contribution in [3.63, 3.8) is 0 Å². The molecule has 1 saturated heterocycles. The number of piperidine rings is 1. The minimum absolute atomic E-state index is 0.250. The maximum Gasteiger partial charge on any atom is 0.410 e. The third-order valence-electron chi connectivity index (χ3n) is 7.18. The number of anilines is 1. The van der Waals surface area contributed by atoms with Crippen LogP contribution >= 0.6 is 0 Å². The molecule has 3 aromatic rings. The van der Waals surface area contributed by atoms with Gasteiger partial charge in [0.1, 0.15) is 5.60 Å². The van der Waals surface area contributed by atoms with Crippen LogP contribution in [0.25, 0.3) is 10.9 Å². The van der Waals surface area contributed by atoms with Crippen LogP contribution in [0, 0.1) is 6.92 Å². The molecule has 0 unspecified atom stereocenters. The average Bonchev–Trinajstić information content (AvgIpc) is 3.24. The quantitative estimate of drug-likeness (QED) is 0.372. The Morgan fingerprint density at radius 3 is 2.32 bits per heavy atom. The highest BCUT2D eigenvalue weighted by Crippen LogP contribution is 2.40. The molecule has 4 rings (SSSR count). The van der Waals surface area contributed by atoms with Crippen LogP contribution in [-0.4, -0.2) is 54.7 Å². The number of benzene rings is 2. The van der Waals surface area contributed by atoms with E-state index in [4.69, 9.17) is 4.74 Å². The molecule has 0 bridgehead atoms. The van der Waals surface area contributed by atoms with E-state index in [-0.39, 0.29) is 16.5 Å². The third kappa shape index (κ3) is 5.25. The number of amides is 1. The second-order valence-electron chi connectivity index (χ2n) is 10.9. The number of nitrogens with zero attached hydrogens (tertiary/aromatic N) is 3. The van der Waals surface area contributed by atoms with Crippen LogP contribution < -0.4 is 4.90 Å². The van der Waals surface area contributed by atoms with Crippen LogP contribution in [0.3, 0.4) is 0 Å². The Morgan fingerprint density at radius 1 is 1.11 bits per heavy atom. The summed E-state index contributed by atoms with van der Waals surface area (Å²) in [6, 6.07) is 14.5. The lowest BCUT2D eigenvalue weighted by Crippen LogP contribution is -2.55. The largest absolute Gasteiger partial charge is 0.444 e. The SMILES string of the molecule is C=CCC1(N(C)c2cn(S(=O)(=O)c3ccc(C)cc3)c3ccccc23)CCN(C(=O)OC(C)(C)C)CC1. The van der Waals surface area contributed by atoms with E-state index in [1.807, 2.05) is 77.2 Å². The summed E-state index contributed by atoms with van der Waals surface area (Å²) in [7, 11) is -1.78. The summed E-state index contributed by atoms with van der Waals surface area (Å²) in [4.78, 5) is 16.9. The molecule has 1 aliphatic rings. The van der Waals surface area contributed by atoms with Crippen molar-refractivity contribution in [2.24, 2.45) is 0 Å². The van der Waals surface area contributed by atoms with E-state index in [2.05, 4.69) is 11.5 Å². The number of rotatable bonds is 6. The summed E-state index contributed by atoms with van der Waals surface area (Å²) in [6.07, 6.45) is 5.45. The first-order chi connectivity index (χ1) is 17.4. The summed E-state index contributed by atoms with van der Waals surface area (Å²) in [6.45, 7) is 12.6. The zero-order chi connectivity index (χ0) is 27.0. The highest BCUT2D eigenvalue weighted by molar-refractivity contribution is 7.90. The molecule has 1 aromatic heterocycles. The standard InChI is InChI=1S/C29H37N3O4S/c1-7-16-29(17-19-31(20-18-29)27(33)36-28(3,4)5)30(6)26-21-32(25-11-9-8-10-24(25)26)37(34,35)23-14-12-22(2)13-15-23/h7-15,21H,1,16-20H2,2-6H3. The smallest absolute Gasteiger partial charge is 0.410 e. The third-order valence-corrected chi connectivity index (χ3v) is 8.87. The molecule has 1 amide bonds. The molecule has 0 spiro atoms. The van der Waals surface area contributed by atoms with Gasteiger partial charge in [-0.1, -0.05) is 42.0 Å². The van der Waals surface area contributed by atoms with Gasteiger partial charge in [-0.25, -0.2) is 17.2 Å². The lowest BCUT2D eigenvalue weighted by atomic mass is 9.82. The van der Waals surface area contributed by atoms with Crippen molar-refractivity contribution in [1.82, 2.24) is 8.87 Å². The molecular formula is C29H37N3O4S. The molecule has 0 N–H and O–H groups in total. The van der Waals surface area contributed by atoms with Gasteiger partial charge in [0.15, 0.2) is 0 Å². The number of aromatic nitrogens is 1. The van der Waals surface area contributed by atoms with Crippen molar-refractivity contribution < 1.29 is 17.9 Å². The maximum atomic E-state index is 13.7. The van der Waals surface area contributed by atoms with Crippen molar-refractivity contribution in [1.29, 1.82) is 0 Å². The number of carbonyl (C=O) groups is 1. The van der Waals surface area contributed by atoms with Crippen molar-refractivity contribution >= 4 is 32.7 Å². The molecule has 1 fully saturated rings. The van der Waals surface area contributed by atoms with Gasteiger partial charge >= 0.3 is 6.09 Å². The lowest BCUT2D eigenvalue weighted by Gasteiger charge is -2.48. The van der Waals surface area contributed by atoms with E-state index in [1.54, 1.807) is 23.2 Å². The Balaban J connectivity index is 1.71. The number of hydrogen-bond donors (Lipinski definition) is 0. The molecule has 7 nitrogen and oxygen atoms in total. The predicted molar refractivity (Wildman–Crippen MR) is 149 cm³/mol. The van der Waals surface area contributed by atoms with Crippen molar-refractivity contribution in [3.8, 4) is 0 Å². The van der Waals surface area contributed by atoms with Gasteiger partial charge in [0.25, 0.3) is 10.0 Å². The summed E-state index contributed by atoms with van der Waals surface area (Å²) in [5.41, 5.74) is 1.60. The molecule has 2 aromatic carbocycles. The number of ether oxygens (including phenoxy) is 1. The summed E-state index contributed by atoms with van der Waals surface area (Å²) >= 11 is 0. The predicted octanol–water partition coefficient (Wildman–Crippen LogP) is 5.97. The first kappa shape index (κ1) is 26.8. The molecule has 0 aliphatic carbocycles. The molecule has 37 heavy (non-hydrogen) atoms. The Kier molecular flexibility index (Phi) is 7.16. The van der Waals surface area contributed by atoms with E-state index in [1.165, 1.54) is 3.97 Å². The van der Waals surface area contributed by atoms with Crippen LogP contribution in [0.5, 0.6) is 0 Å². The first-order valence-electron chi connectivity index (χ1n) is 12.6. The van der Waals surface area contributed by atoms with E-state index < -0.39 is 15.6 Å². The summed E-state index contributed by atoms with van der Waals surface area (Å²) in [5.74, 6) is 0. The Morgan fingerprint density at radius 2 is 1.73 bits per heavy atom. The summed E-state index contributed by atoms with van der Waals surface area (Å²) < 4.78 is 34.3. The van der Waals surface area contributed by atoms with Gasteiger partial charge in [-0.15, -0.1) is 6.58 Å². The van der Waals surface area contributed by atoms with Gasteiger partial charge < -0.3 is 14.5 Å². The molecule has 198 valence electrons. The molecule has 0 saturated carbocycles. The van der Waals surface area contributed by atoms with Crippen molar-refractivity contribution in [3.05, 3.63) is 72.9 Å². The molecule has 0 atom stereocenters. The zero-order valence-electron chi connectivity index (χ0n) is 22.4. The molecule has 2 heterocycles. The minimum atomic E-state index is -3.79. The number of aryl methyl sites for hydroxylation is 1. The van der Waals surface area contributed by atoms with Gasteiger partial charge in [-0.2, -0.15) is 0 Å². The van der Waals surface area contributed by atoms with Crippen LogP contribution in [0.4, 0.5) is 10.5 Å². The highest BCUT2D eigenvalue weighted by Gasteiger charge is 2.40. The van der Waals surface area contributed by atoms with E-state index in [9.17, 15) is 13.2 Å². The number of fused-ring (bicyclic) bond motifs is 1. The maximum absolute atomic E-state index is 13.7. The molecule has 0 radical (unpaired) electrons. The van der Waals surface area contributed by atoms with Crippen LogP contribution in [0.1, 0.15) is 45.6 Å². The van der Waals surface area contributed by atoms with Crippen molar-refractivity contribution in [2.75, 3.05) is 25.0 Å². The number of likely N-dealkylation sites (tertiary alicyclic amines) is 1. The first-order valence-corrected chi connectivity index (χ1v) is 14.1. The van der Waals surface area contributed by atoms with Crippen LogP contribution in [-0.2, 0) is 14.8 Å². The van der Waals surface area contributed by atoms with Gasteiger partial charge in [-0.3, -0.25) is 0 Å². The minimum Gasteiger partial charge on any atom is -0.444 e. The second kappa shape index (κ2) is 9.89. The fraction of sp³-hybridized carbons (Fsp3) is 0.414.